The number of carboxylic acid groups (broad SMARTS) is 1. The van der Waals surface area contributed by atoms with Crippen LogP contribution in [0, 0.1) is 5.82 Å². The van der Waals surface area contributed by atoms with Crippen LogP contribution >= 0.6 is 11.3 Å². The van der Waals surface area contributed by atoms with E-state index in [4.69, 9.17) is 5.11 Å². The highest BCUT2D eigenvalue weighted by molar-refractivity contribution is 7.17. The van der Waals surface area contributed by atoms with Crippen molar-refractivity contribution in [3.8, 4) is 10.4 Å². The molecule has 86 valence electrons. The molecule has 1 aromatic carbocycles. The van der Waals surface area contributed by atoms with Gasteiger partial charge < -0.3 is 5.11 Å². The second kappa shape index (κ2) is 4.47. The van der Waals surface area contributed by atoms with E-state index in [9.17, 15) is 14.0 Å². The lowest BCUT2D eigenvalue weighted by Crippen LogP contribution is -2.00. The second-order valence-electron chi connectivity index (χ2n) is 3.32. The Morgan fingerprint density at radius 1 is 1.29 bits per heavy atom. The van der Waals surface area contributed by atoms with Crippen LogP contribution in [-0.2, 0) is 0 Å². The van der Waals surface area contributed by atoms with Crippen molar-refractivity contribution in [3.63, 3.8) is 0 Å². The smallest absolute Gasteiger partial charge is 0.338 e. The molecule has 0 amide bonds. The molecule has 0 bridgehead atoms. The summed E-state index contributed by atoms with van der Waals surface area (Å²) in [5.41, 5.74) is 0.213. The Morgan fingerprint density at radius 2 is 2.06 bits per heavy atom. The van der Waals surface area contributed by atoms with Crippen LogP contribution in [0.3, 0.4) is 0 Å². The monoisotopic (exact) mass is 250 g/mol. The standard InChI is InChI=1S/C12H7FO3S/c13-10-3-1-7(5-9(10)12(15)16)11-4-2-8(6-14)17-11/h1-6H,(H,15,16). The van der Waals surface area contributed by atoms with Crippen LogP contribution in [-0.4, -0.2) is 17.4 Å². The summed E-state index contributed by atoms with van der Waals surface area (Å²) in [5.74, 6) is -2.08. The van der Waals surface area contributed by atoms with Gasteiger partial charge in [0.15, 0.2) is 6.29 Å². The molecule has 0 aliphatic heterocycles. The number of aromatic carboxylic acids is 1. The Morgan fingerprint density at radius 3 is 2.65 bits per heavy atom. The van der Waals surface area contributed by atoms with E-state index in [2.05, 4.69) is 0 Å². The molecular weight excluding hydrogens is 243 g/mol. The zero-order valence-electron chi connectivity index (χ0n) is 8.51. The van der Waals surface area contributed by atoms with Gasteiger partial charge in [-0.15, -0.1) is 11.3 Å². The van der Waals surface area contributed by atoms with E-state index in [1.165, 1.54) is 23.5 Å². The number of aldehydes is 1. The Bertz CT molecular complexity index is 589. The Balaban J connectivity index is 2.49. The third kappa shape index (κ3) is 2.24. The van der Waals surface area contributed by atoms with Gasteiger partial charge in [-0.25, -0.2) is 9.18 Å². The normalized spacial score (nSPS) is 10.2. The van der Waals surface area contributed by atoms with Gasteiger partial charge in [-0.2, -0.15) is 0 Å². The number of thiophene rings is 1. The van der Waals surface area contributed by atoms with Crippen molar-refractivity contribution in [2.24, 2.45) is 0 Å². The summed E-state index contributed by atoms with van der Waals surface area (Å²) in [5, 5.41) is 8.80. The van der Waals surface area contributed by atoms with E-state index < -0.39 is 11.8 Å². The third-order valence-corrected chi connectivity index (χ3v) is 3.28. The molecule has 3 nitrogen and oxygen atoms in total. The fourth-order valence-corrected chi connectivity index (χ4v) is 2.23. The van der Waals surface area contributed by atoms with E-state index >= 15 is 0 Å². The Labute approximate surface area is 100 Å². The number of halogens is 1. The van der Waals surface area contributed by atoms with Crippen molar-refractivity contribution >= 4 is 23.6 Å². The molecule has 2 rings (SSSR count). The van der Waals surface area contributed by atoms with Crippen molar-refractivity contribution in [2.45, 2.75) is 0 Å². The predicted molar refractivity (Wildman–Crippen MR) is 62.1 cm³/mol. The van der Waals surface area contributed by atoms with Crippen molar-refractivity contribution in [2.75, 3.05) is 0 Å². The van der Waals surface area contributed by atoms with E-state index in [1.807, 2.05) is 0 Å². The maximum Gasteiger partial charge on any atom is 0.338 e. The van der Waals surface area contributed by atoms with E-state index in [0.717, 1.165) is 17.2 Å². The van der Waals surface area contributed by atoms with Gasteiger partial charge in [-0.1, -0.05) is 6.07 Å². The minimum atomic E-state index is -1.31. The van der Waals surface area contributed by atoms with Crippen LogP contribution < -0.4 is 0 Å². The number of carbonyl (C=O) groups excluding carboxylic acids is 1. The summed E-state index contributed by atoms with van der Waals surface area (Å²) in [7, 11) is 0. The predicted octanol–water partition coefficient (Wildman–Crippen LogP) is 3.06. The number of benzene rings is 1. The average molecular weight is 250 g/mol. The topological polar surface area (TPSA) is 54.4 Å². The lowest BCUT2D eigenvalue weighted by atomic mass is 10.1. The molecule has 1 aromatic heterocycles. The maximum atomic E-state index is 13.2. The zero-order chi connectivity index (χ0) is 12.4. The summed E-state index contributed by atoms with van der Waals surface area (Å²) in [4.78, 5) is 22.6. The van der Waals surface area contributed by atoms with Crippen molar-refractivity contribution in [3.05, 3.63) is 46.6 Å². The Kier molecular flexibility index (Phi) is 3.01. The quantitative estimate of drug-likeness (QED) is 0.852. The minimum Gasteiger partial charge on any atom is -0.478 e. The highest BCUT2D eigenvalue weighted by atomic mass is 32.1. The average Bonchev–Trinajstić information content (AvgIpc) is 2.78. The molecular formula is C12H7FO3S. The Hall–Kier alpha value is -2.01. The van der Waals surface area contributed by atoms with Gasteiger partial charge in [0.1, 0.15) is 5.82 Å². The van der Waals surface area contributed by atoms with Gasteiger partial charge in [-0.3, -0.25) is 4.79 Å². The van der Waals surface area contributed by atoms with Crippen LogP contribution in [0.4, 0.5) is 4.39 Å². The summed E-state index contributed by atoms with van der Waals surface area (Å²) in [6.45, 7) is 0. The number of hydrogen-bond acceptors (Lipinski definition) is 3. The van der Waals surface area contributed by atoms with Crippen LogP contribution in [0.25, 0.3) is 10.4 Å². The highest BCUT2D eigenvalue weighted by Gasteiger charge is 2.12. The zero-order valence-corrected chi connectivity index (χ0v) is 9.33. The number of carbonyl (C=O) groups is 2. The molecule has 0 saturated heterocycles. The van der Waals surface area contributed by atoms with Crippen molar-refractivity contribution < 1.29 is 19.1 Å². The number of carboxylic acids is 1. The molecule has 0 aliphatic carbocycles. The molecule has 0 fully saturated rings. The first kappa shape index (κ1) is 11.5. The lowest BCUT2D eigenvalue weighted by molar-refractivity contribution is 0.0692. The van der Waals surface area contributed by atoms with E-state index in [0.29, 0.717) is 10.4 Å². The summed E-state index contributed by atoms with van der Waals surface area (Å²) in [6.07, 6.45) is 0.718. The maximum absolute atomic E-state index is 13.2. The molecule has 0 atom stereocenters. The van der Waals surface area contributed by atoms with Crippen molar-refractivity contribution in [1.29, 1.82) is 0 Å². The molecule has 2 aromatic rings. The lowest BCUT2D eigenvalue weighted by Gasteiger charge is -2.01. The van der Waals surface area contributed by atoms with Gasteiger partial charge in [0, 0.05) is 4.88 Å². The summed E-state index contributed by atoms with van der Waals surface area (Å²) >= 11 is 1.23. The molecule has 0 unspecified atom stereocenters. The minimum absolute atomic E-state index is 0.372. The van der Waals surface area contributed by atoms with E-state index in [1.54, 1.807) is 12.1 Å². The molecule has 0 saturated carbocycles. The molecule has 5 heteroatoms. The summed E-state index contributed by atoms with van der Waals surface area (Å²) < 4.78 is 13.2. The second-order valence-corrected chi connectivity index (χ2v) is 4.43. The van der Waals surface area contributed by atoms with Crippen LogP contribution in [0.15, 0.2) is 30.3 Å². The molecule has 0 spiro atoms. The fourth-order valence-electron chi connectivity index (χ4n) is 1.41. The first-order valence-corrected chi connectivity index (χ1v) is 5.51. The van der Waals surface area contributed by atoms with Gasteiger partial charge in [0.25, 0.3) is 0 Å². The first-order chi connectivity index (χ1) is 8.11. The van der Waals surface area contributed by atoms with Crippen LogP contribution in [0.1, 0.15) is 20.0 Å². The first-order valence-electron chi connectivity index (χ1n) is 4.70. The van der Waals surface area contributed by atoms with Gasteiger partial charge in [0.05, 0.1) is 10.4 Å². The number of rotatable bonds is 3. The van der Waals surface area contributed by atoms with Gasteiger partial charge in [-0.05, 0) is 29.8 Å². The highest BCUT2D eigenvalue weighted by Crippen LogP contribution is 2.28. The molecule has 0 radical (unpaired) electrons. The molecule has 17 heavy (non-hydrogen) atoms. The van der Waals surface area contributed by atoms with E-state index in [-0.39, 0.29) is 5.56 Å². The van der Waals surface area contributed by atoms with Crippen molar-refractivity contribution in [1.82, 2.24) is 0 Å². The SMILES string of the molecule is O=Cc1ccc(-c2ccc(F)c(C(=O)O)c2)s1. The van der Waals surface area contributed by atoms with Crippen LogP contribution in [0.5, 0.6) is 0 Å². The largest absolute Gasteiger partial charge is 0.478 e. The molecule has 1 N–H and O–H groups in total. The molecule has 1 heterocycles. The summed E-state index contributed by atoms with van der Waals surface area (Å²) in [6, 6.07) is 7.20. The number of hydrogen-bond donors (Lipinski definition) is 1. The van der Waals surface area contributed by atoms with Crippen LogP contribution in [0.2, 0.25) is 0 Å². The van der Waals surface area contributed by atoms with Gasteiger partial charge in [0.2, 0.25) is 0 Å². The van der Waals surface area contributed by atoms with Gasteiger partial charge >= 0.3 is 5.97 Å². The third-order valence-electron chi connectivity index (χ3n) is 2.22. The molecule has 0 aliphatic rings. The fraction of sp³-hybridized carbons (Fsp3) is 0.